The first-order valence-electron chi connectivity index (χ1n) is 4.65. The number of nitrogens with one attached hydrogen (secondary N) is 1. The smallest absolute Gasteiger partial charge is 0.124 e. The molecule has 0 amide bonds. The normalized spacial score (nSPS) is 11.0. The number of benzene rings is 1. The maximum Gasteiger partial charge on any atom is 0.124 e. The van der Waals surface area contributed by atoms with Gasteiger partial charge in [-0.15, -0.1) is 0 Å². The van der Waals surface area contributed by atoms with Crippen molar-refractivity contribution in [2.45, 2.75) is 6.54 Å². The van der Waals surface area contributed by atoms with Gasteiger partial charge in [0.25, 0.3) is 0 Å². The first-order valence-corrected chi connectivity index (χ1v) is 4.65. The molecule has 3 nitrogen and oxygen atoms in total. The summed E-state index contributed by atoms with van der Waals surface area (Å²) in [5.41, 5.74) is 2.24. The first kappa shape index (κ1) is 9.09. The minimum atomic E-state index is 0.348. The summed E-state index contributed by atoms with van der Waals surface area (Å²) < 4.78 is 2.09. The van der Waals surface area contributed by atoms with Gasteiger partial charge in [0.15, 0.2) is 0 Å². The van der Waals surface area contributed by atoms with Gasteiger partial charge in [-0.05, 0) is 25.2 Å². The zero-order valence-electron chi connectivity index (χ0n) is 8.41. The van der Waals surface area contributed by atoms with E-state index in [1.54, 1.807) is 6.07 Å². The second-order valence-corrected chi connectivity index (χ2v) is 3.43. The summed E-state index contributed by atoms with van der Waals surface area (Å²) in [5.74, 6) is 0.348. The molecule has 0 fully saturated rings. The van der Waals surface area contributed by atoms with Gasteiger partial charge in [-0.3, -0.25) is 0 Å². The maximum atomic E-state index is 9.64. The lowest BCUT2D eigenvalue weighted by atomic mass is 10.2. The van der Waals surface area contributed by atoms with Gasteiger partial charge >= 0.3 is 0 Å². The Morgan fingerprint density at radius 2 is 2.21 bits per heavy atom. The molecule has 2 aromatic rings. The molecule has 1 heterocycles. The molecule has 0 radical (unpaired) electrons. The average Bonchev–Trinajstić information content (AvgIpc) is 2.48. The number of phenols is 1. The van der Waals surface area contributed by atoms with Crippen LogP contribution in [-0.4, -0.2) is 16.7 Å². The van der Waals surface area contributed by atoms with Crippen LogP contribution in [0, 0.1) is 0 Å². The fourth-order valence-corrected chi connectivity index (χ4v) is 1.75. The van der Waals surface area contributed by atoms with Crippen LogP contribution in [-0.2, 0) is 13.6 Å². The Balaban J connectivity index is 2.67. The van der Waals surface area contributed by atoms with E-state index in [9.17, 15) is 5.11 Å². The second-order valence-electron chi connectivity index (χ2n) is 3.43. The number of fused-ring (bicyclic) bond motifs is 1. The Labute approximate surface area is 83.0 Å². The number of rotatable bonds is 2. The fraction of sp³-hybridized carbons (Fsp3) is 0.273. The molecule has 74 valence electrons. The Morgan fingerprint density at radius 1 is 1.43 bits per heavy atom. The number of phenolic OH excluding ortho intramolecular Hbond substituents is 1. The van der Waals surface area contributed by atoms with Crippen molar-refractivity contribution in [1.29, 1.82) is 0 Å². The molecule has 1 aromatic heterocycles. The third-order valence-electron chi connectivity index (χ3n) is 2.52. The van der Waals surface area contributed by atoms with Crippen LogP contribution in [0.15, 0.2) is 24.3 Å². The molecular weight excluding hydrogens is 176 g/mol. The van der Waals surface area contributed by atoms with Crippen molar-refractivity contribution >= 4 is 10.9 Å². The largest absolute Gasteiger partial charge is 0.507 e. The molecule has 0 saturated heterocycles. The average molecular weight is 190 g/mol. The van der Waals surface area contributed by atoms with Crippen LogP contribution in [0.25, 0.3) is 10.9 Å². The van der Waals surface area contributed by atoms with Crippen LogP contribution >= 0.6 is 0 Å². The Hall–Kier alpha value is -1.48. The van der Waals surface area contributed by atoms with E-state index < -0.39 is 0 Å². The molecule has 1 aromatic carbocycles. The van der Waals surface area contributed by atoms with Crippen molar-refractivity contribution in [2.75, 3.05) is 7.05 Å². The summed E-state index contributed by atoms with van der Waals surface area (Å²) >= 11 is 0. The van der Waals surface area contributed by atoms with Crippen molar-refractivity contribution in [2.24, 2.45) is 7.05 Å². The molecular formula is C11H14N2O. The summed E-state index contributed by atoms with van der Waals surface area (Å²) in [4.78, 5) is 0. The molecule has 0 bridgehead atoms. The van der Waals surface area contributed by atoms with Crippen molar-refractivity contribution in [3.8, 4) is 5.75 Å². The van der Waals surface area contributed by atoms with Crippen LogP contribution < -0.4 is 5.32 Å². The molecule has 0 saturated carbocycles. The maximum absolute atomic E-state index is 9.64. The predicted molar refractivity (Wildman–Crippen MR) is 57.3 cm³/mol. The molecule has 0 spiro atoms. The number of hydrogen-bond donors (Lipinski definition) is 2. The Morgan fingerprint density at radius 3 is 2.86 bits per heavy atom. The van der Waals surface area contributed by atoms with Gasteiger partial charge < -0.3 is 15.0 Å². The van der Waals surface area contributed by atoms with E-state index in [0.29, 0.717) is 5.75 Å². The third-order valence-corrected chi connectivity index (χ3v) is 2.52. The summed E-state index contributed by atoms with van der Waals surface area (Å²) in [6.45, 7) is 0.810. The highest BCUT2D eigenvalue weighted by atomic mass is 16.3. The molecule has 2 rings (SSSR count). The molecule has 0 aliphatic rings. The third kappa shape index (κ3) is 1.26. The predicted octanol–water partition coefficient (Wildman–Crippen LogP) is 1.60. The Bertz CT molecular complexity index is 460. The molecule has 0 unspecified atom stereocenters. The van der Waals surface area contributed by atoms with Crippen LogP contribution in [0.4, 0.5) is 0 Å². The van der Waals surface area contributed by atoms with Crippen molar-refractivity contribution in [1.82, 2.24) is 9.88 Å². The number of aromatic hydroxyl groups is 1. The quantitative estimate of drug-likeness (QED) is 0.754. The standard InChI is InChI=1S/C11H14N2O/c1-12-7-8-6-9-10(13(8)2)4-3-5-11(9)14/h3-6,12,14H,7H2,1-2H3. The van der Waals surface area contributed by atoms with Crippen molar-refractivity contribution < 1.29 is 5.11 Å². The summed E-state index contributed by atoms with van der Waals surface area (Å²) in [5, 5.41) is 13.7. The highest BCUT2D eigenvalue weighted by Crippen LogP contribution is 2.26. The SMILES string of the molecule is CNCc1cc2c(O)cccc2n1C. The van der Waals surface area contributed by atoms with Crippen LogP contribution in [0.5, 0.6) is 5.75 Å². The molecule has 2 N–H and O–H groups in total. The van der Waals surface area contributed by atoms with Crippen molar-refractivity contribution in [3.05, 3.63) is 30.0 Å². The van der Waals surface area contributed by atoms with Gasteiger partial charge in [0.05, 0.1) is 5.52 Å². The van der Waals surface area contributed by atoms with E-state index in [4.69, 9.17) is 0 Å². The molecule has 0 aliphatic heterocycles. The van der Waals surface area contributed by atoms with Gasteiger partial charge in [0.2, 0.25) is 0 Å². The molecule has 14 heavy (non-hydrogen) atoms. The van der Waals surface area contributed by atoms with E-state index in [2.05, 4.69) is 9.88 Å². The highest BCUT2D eigenvalue weighted by Gasteiger charge is 2.07. The van der Waals surface area contributed by atoms with E-state index in [-0.39, 0.29) is 0 Å². The molecule has 0 aliphatic carbocycles. The summed E-state index contributed by atoms with van der Waals surface area (Å²) in [7, 11) is 3.92. The highest BCUT2D eigenvalue weighted by molar-refractivity contribution is 5.87. The topological polar surface area (TPSA) is 37.2 Å². The Kier molecular flexibility index (Phi) is 2.17. The van der Waals surface area contributed by atoms with Gasteiger partial charge in [-0.2, -0.15) is 0 Å². The number of aryl methyl sites for hydroxylation is 1. The van der Waals surface area contributed by atoms with Gasteiger partial charge in [-0.1, -0.05) is 6.07 Å². The molecule has 3 heteroatoms. The second kappa shape index (κ2) is 3.35. The molecule has 0 atom stereocenters. The number of hydrogen-bond acceptors (Lipinski definition) is 2. The fourth-order valence-electron chi connectivity index (χ4n) is 1.75. The monoisotopic (exact) mass is 190 g/mol. The minimum Gasteiger partial charge on any atom is -0.507 e. The first-order chi connectivity index (χ1) is 6.74. The van der Waals surface area contributed by atoms with E-state index in [0.717, 1.165) is 17.4 Å². The lowest BCUT2D eigenvalue weighted by Gasteiger charge is -2.02. The van der Waals surface area contributed by atoms with Gasteiger partial charge in [-0.25, -0.2) is 0 Å². The lowest BCUT2D eigenvalue weighted by molar-refractivity contribution is 0.481. The van der Waals surface area contributed by atoms with E-state index >= 15 is 0 Å². The van der Waals surface area contributed by atoms with Crippen LogP contribution in [0.1, 0.15) is 5.69 Å². The number of aromatic nitrogens is 1. The van der Waals surface area contributed by atoms with Crippen LogP contribution in [0.2, 0.25) is 0 Å². The van der Waals surface area contributed by atoms with Crippen LogP contribution in [0.3, 0.4) is 0 Å². The van der Waals surface area contributed by atoms with E-state index in [1.165, 1.54) is 5.69 Å². The lowest BCUT2D eigenvalue weighted by Crippen LogP contribution is -2.08. The van der Waals surface area contributed by atoms with Gasteiger partial charge in [0.1, 0.15) is 5.75 Å². The zero-order valence-corrected chi connectivity index (χ0v) is 8.41. The van der Waals surface area contributed by atoms with Gasteiger partial charge in [0, 0.05) is 24.7 Å². The van der Waals surface area contributed by atoms with E-state index in [1.807, 2.05) is 32.3 Å². The van der Waals surface area contributed by atoms with Crippen molar-refractivity contribution in [3.63, 3.8) is 0 Å². The minimum absolute atomic E-state index is 0.348. The zero-order chi connectivity index (χ0) is 10.1. The summed E-state index contributed by atoms with van der Waals surface area (Å²) in [6, 6.07) is 7.60. The number of nitrogens with zero attached hydrogens (tertiary/aromatic N) is 1. The summed E-state index contributed by atoms with van der Waals surface area (Å²) in [6.07, 6.45) is 0.